The van der Waals surface area contributed by atoms with Crippen LogP contribution in [-0.4, -0.2) is 0 Å². The third-order valence-electron chi connectivity index (χ3n) is 2.04. The first-order valence-corrected chi connectivity index (χ1v) is 8.05. The minimum atomic E-state index is 1.04. The van der Waals surface area contributed by atoms with Crippen LogP contribution in [0.3, 0.4) is 0 Å². The summed E-state index contributed by atoms with van der Waals surface area (Å²) < 4.78 is 1.13. The van der Waals surface area contributed by atoms with Crippen LogP contribution in [0.1, 0.15) is 5.56 Å². The van der Waals surface area contributed by atoms with Gasteiger partial charge in [-0.05, 0) is 29.8 Å². The average Bonchev–Trinajstić information content (AvgIpc) is 2.33. The fraction of sp³-hybridized carbons (Fsp3) is 0.0769. The summed E-state index contributed by atoms with van der Waals surface area (Å²) in [5.74, 6) is 1.04. The molecule has 0 bridgehead atoms. The summed E-state index contributed by atoms with van der Waals surface area (Å²) in [6, 6.07) is 19.0. The first-order chi connectivity index (χ1) is 7.84. The lowest BCUT2D eigenvalue weighted by molar-refractivity contribution is 1.42. The molecule has 2 rings (SSSR count). The summed E-state index contributed by atoms with van der Waals surface area (Å²) in [5, 5.41) is 0. The smallest absolute Gasteiger partial charge is 0.0292 e. The van der Waals surface area contributed by atoms with Crippen LogP contribution in [0.2, 0.25) is 0 Å². The Labute approximate surface area is 112 Å². The van der Waals surface area contributed by atoms with Gasteiger partial charge in [-0.25, -0.2) is 0 Å². The van der Waals surface area contributed by atoms with Gasteiger partial charge < -0.3 is 0 Å². The fourth-order valence-corrected chi connectivity index (χ4v) is 3.59. The monoisotopic (exact) mass is 310 g/mol. The molecule has 0 unspecified atom stereocenters. The van der Waals surface area contributed by atoms with Crippen molar-refractivity contribution < 1.29 is 0 Å². The predicted molar refractivity (Wildman–Crippen MR) is 77.7 cm³/mol. The molecule has 0 amide bonds. The van der Waals surface area contributed by atoms with Gasteiger partial charge in [-0.3, -0.25) is 0 Å². The highest BCUT2D eigenvalue weighted by atomic mass is 79.9. The van der Waals surface area contributed by atoms with Gasteiger partial charge >= 0.3 is 0 Å². The van der Waals surface area contributed by atoms with E-state index in [0.29, 0.717) is 0 Å². The summed E-state index contributed by atoms with van der Waals surface area (Å²) in [6.45, 7) is 0. The second kappa shape index (κ2) is 6.38. The van der Waals surface area contributed by atoms with Crippen LogP contribution in [0.4, 0.5) is 0 Å². The normalized spacial score (nSPS) is 10.3. The number of hydrogen-bond donors (Lipinski definition) is 0. The highest BCUT2D eigenvalue weighted by Crippen LogP contribution is 2.33. The van der Waals surface area contributed by atoms with E-state index in [1.54, 1.807) is 0 Å². The maximum absolute atomic E-state index is 3.43. The standard InChI is InChI=1S/C13H11BrS2/c14-12-6-8-13(9-7-12)16-15-10-11-4-2-1-3-5-11/h1-9H,10H2. The highest BCUT2D eigenvalue weighted by Gasteiger charge is 1.96. The second-order valence-electron chi connectivity index (χ2n) is 3.29. The van der Waals surface area contributed by atoms with Crippen molar-refractivity contribution in [3.63, 3.8) is 0 Å². The predicted octanol–water partition coefficient (Wildman–Crippen LogP) is 5.39. The zero-order valence-corrected chi connectivity index (χ0v) is 11.8. The molecular formula is C13H11BrS2. The molecule has 0 aromatic heterocycles. The number of halogens is 1. The van der Waals surface area contributed by atoms with Gasteiger partial charge in [-0.1, -0.05) is 67.8 Å². The van der Waals surface area contributed by atoms with E-state index < -0.39 is 0 Å². The largest absolute Gasteiger partial charge is 0.0841 e. The molecule has 3 heteroatoms. The summed E-state index contributed by atoms with van der Waals surface area (Å²) in [6.07, 6.45) is 0. The Balaban J connectivity index is 1.82. The molecule has 2 aromatic rings. The van der Waals surface area contributed by atoms with E-state index in [4.69, 9.17) is 0 Å². The Morgan fingerprint density at radius 1 is 0.875 bits per heavy atom. The molecule has 0 radical (unpaired) electrons. The van der Waals surface area contributed by atoms with Gasteiger partial charge in [0.25, 0.3) is 0 Å². The van der Waals surface area contributed by atoms with Gasteiger partial charge in [-0.2, -0.15) is 0 Å². The number of benzene rings is 2. The summed E-state index contributed by atoms with van der Waals surface area (Å²) in [4.78, 5) is 1.30. The third kappa shape index (κ3) is 3.89. The molecule has 0 spiro atoms. The van der Waals surface area contributed by atoms with E-state index in [1.807, 2.05) is 21.6 Å². The summed E-state index contributed by atoms with van der Waals surface area (Å²) in [5.41, 5.74) is 1.37. The molecule has 82 valence electrons. The number of hydrogen-bond acceptors (Lipinski definition) is 2. The summed E-state index contributed by atoms with van der Waals surface area (Å²) >= 11 is 3.43. The third-order valence-corrected chi connectivity index (χ3v) is 4.88. The van der Waals surface area contributed by atoms with Crippen molar-refractivity contribution >= 4 is 37.5 Å². The van der Waals surface area contributed by atoms with Crippen LogP contribution in [0.25, 0.3) is 0 Å². The van der Waals surface area contributed by atoms with Crippen molar-refractivity contribution in [2.24, 2.45) is 0 Å². The van der Waals surface area contributed by atoms with Crippen molar-refractivity contribution in [3.05, 3.63) is 64.6 Å². The van der Waals surface area contributed by atoms with Gasteiger partial charge in [0.15, 0.2) is 0 Å². The SMILES string of the molecule is Brc1ccc(SSCc2ccccc2)cc1. The first kappa shape index (κ1) is 12.1. The summed E-state index contributed by atoms with van der Waals surface area (Å²) in [7, 11) is 3.69. The maximum atomic E-state index is 3.43. The lowest BCUT2D eigenvalue weighted by atomic mass is 10.2. The van der Waals surface area contributed by atoms with Gasteiger partial charge in [0.05, 0.1) is 0 Å². The van der Waals surface area contributed by atoms with Gasteiger partial charge in [0, 0.05) is 15.1 Å². The van der Waals surface area contributed by atoms with Gasteiger partial charge in [0.1, 0.15) is 0 Å². The van der Waals surface area contributed by atoms with Crippen LogP contribution in [0.5, 0.6) is 0 Å². The van der Waals surface area contributed by atoms with Crippen molar-refractivity contribution in [1.82, 2.24) is 0 Å². The van der Waals surface area contributed by atoms with Crippen LogP contribution in [0.15, 0.2) is 64.0 Å². The zero-order chi connectivity index (χ0) is 11.2. The van der Waals surface area contributed by atoms with Gasteiger partial charge in [-0.15, -0.1) is 0 Å². The lowest BCUT2D eigenvalue weighted by Crippen LogP contribution is -1.75. The van der Waals surface area contributed by atoms with E-state index in [2.05, 4.69) is 70.5 Å². The Morgan fingerprint density at radius 3 is 2.25 bits per heavy atom. The van der Waals surface area contributed by atoms with Crippen molar-refractivity contribution in [2.45, 2.75) is 10.6 Å². The molecule has 0 saturated heterocycles. The Morgan fingerprint density at radius 2 is 1.56 bits per heavy atom. The second-order valence-corrected chi connectivity index (χ2v) is 6.57. The Hall–Kier alpha value is -0.380. The molecule has 0 aliphatic rings. The van der Waals surface area contributed by atoms with Crippen LogP contribution >= 0.6 is 37.5 Å². The quantitative estimate of drug-likeness (QED) is 0.694. The molecule has 0 fully saturated rings. The van der Waals surface area contributed by atoms with E-state index in [-0.39, 0.29) is 0 Å². The molecule has 0 nitrogen and oxygen atoms in total. The Bertz CT molecular complexity index is 425. The molecule has 0 saturated carbocycles. The lowest BCUT2D eigenvalue weighted by Gasteiger charge is -2.01. The molecule has 0 atom stereocenters. The van der Waals surface area contributed by atoms with Crippen molar-refractivity contribution in [2.75, 3.05) is 0 Å². The van der Waals surface area contributed by atoms with Crippen LogP contribution in [0, 0.1) is 0 Å². The minimum absolute atomic E-state index is 1.04. The number of rotatable bonds is 4. The first-order valence-electron chi connectivity index (χ1n) is 4.93. The van der Waals surface area contributed by atoms with Crippen molar-refractivity contribution in [3.8, 4) is 0 Å². The Kier molecular flexibility index (Phi) is 4.82. The molecule has 16 heavy (non-hydrogen) atoms. The van der Waals surface area contributed by atoms with E-state index in [0.717, 1.165) is 10.2 Å². The van der Waals surface area contributed by atoms with E-state index in [9.17, 15) is 0 Å². The zero-order valence-electron chi connectivity index (χ0n) is 8.60. The topological polar surface area (TPSA) is 0 Å². The molecule has 2 aromatic carbocycles. The van der Waals surface area contributed by atoms with Crippen molar-refractivity contribution in [1.29, 1.82) is 0 Å². The van der Waals surface area contributed by atoms with E-state index in [1.165, 1.54) is 10.5 Å². The highest BCUT2D eigenvalue weighted by molar-refractivity contribution is 9.10. The van der Waals surface area contributed by atoms with Crippen LogP contribution < -0.4 is 0 Å². The maximum Gasteiger partial charge on any atom is 0.0292 e. The molecule has 0 N–H and O–H groups in total. The molecular weight excluding hydrogens is 300 g/mol. The molecule has 0 aliphatic heterocycles. The average molecular weight is 311 g/mol. The van der Waals surface area contributed by atoms with Gasteiger partial charge in [0.2, 0.25) is 0 Å². The molecule has 0 heterocycles. The fourth-order valence-electron chi connectivity index (χ4n) is 1.23. The van der Waals surface area contributed by atoms with Crippen LogP contribution in [-0.2, 0) is 5.75 Å². The van der Waals surface area contributed by atoms with E-state index >= 15 is 0 Å². The molecule has 0 aliphatic carbocycles. The minimum Gasteiger partial charge on any atom is -0.0841 e.